The average Bonchev–Trinajstić information content (AvgIpc) is 2.61. The first-order valence-corrected chi connectivity index (χ1v) is 5.80. The van der Waals surface area contributed by atoms with E-state index >= 15 is 0 Å². The molecule has 0 saturated carbocycles. The molecule has 0 radical (unpaired) electrons. The Kier molecular flexibility index (Phi) is 3.26. The SMILES string of the molecule is OCc1sc(-c2ccc(Cl)cc2)nc1Cl. The average molecular weight is 260 g/mol. The van der Waals surface area contributed by atoms with Gasteiger partial charge in [0.15, 0.2) is 0 Å². The number of nitrogens with zero attached hydrogens (tertiary/aromatic N) is 1. The third-order valence-electron chi connectivity index (χ3n) is 1.88. The molecule has 15 heavy (non-hydrogen) atoms. The molecule has 0 atom stereocenters. The molecule has 2 aromatic rings. The Labute approximate surface area is 101 Å². The first-order valence-electron chi connectivity index (χ1n) is 4.22. The molecule has 1 heterocycles. The van der Waals surface area contributed by atoms with E-state index in [0.29, 0.717) is 15.1 Å². The van der Waals surface area contributed by atoms with Gasteiger partial charge in [-0.2, -0.15) is 0 Å². The first kappa shape index (κ1) is 10.9. The molecular weight excluding hydrogens is 253 g/mol. The Morgan fingerprint density at radius 2 is 1.87 bits per heavy atom. The summed E-state index contributed by atoms with van der Waals surface area (Å²) in [6.45, 7) is -0.0793. The maximum Gasteiger partial charge on any atom is 0.146 e. The van der Waals surface area contributed by atoms with Crippen LogP contribution in [-0.2, 0) is 6.61 Å². The van der Waals surface area contributed by atoms with E-state index in [0.717, 1.165) is 10.6 Å². The lowest BCUT2D eigenvalue weighted by atomic mass is 10.2. The lowest BCUT2D eigenvalue weighted by Crippen LogP contribution is -1.75. The van der Waals surface area contributed by atoms with Crippen LogP contribution in [-0.4, -0.2) is 10.1 Å². The second kappa shape index (κ2) is 4.49. The summed E-state index contributed by atoms with van der Waals surface area (Å²) < 4.78 is 0. The number of halogens is 2. The summed E-state index contributed by atoms with van der Waals surface area (Å²) in [7, 11) is 0. The zero-order valence-electron chi connectivity index (χ0n) is 7.58. The second-order valence-electron chi connectivity index (χ2n) is 2.90. The standard InChI is InChI=1S/C10H7Cl2NOS/c11-7-3-1-6(2-4-7)10-13-9(12)8(5-14)15-10/h1-4,14H,5H2. The quantitative estimate of drug-likeness (QED) is 0.894. The molecule has 0 spiro atoms. The number of aliphatic hydroxyl groups excluding tert-OH is 1. The minimum absolute atomic E-state index is 0.0793. The Balaban J connectivity index is 2.41. The Bertz CT molecular complexity index is 467. The van der Waals surface area contributed by atoms with Crippen LogP contribution >= 0.6 is 34.5 Å². The molecular formula is C10H7Cl2NOS. The summed E-state index contributed by atoms with van der Waals surface area (Å²) in [5.74, 6) is 0. The minimum Gasteiger partial charge on any atom is -0.391 e. The van der Waals surface area contributed by atoms with Crippen LogP contribution in [0, 0.1) is 0 Å². The van der Waals surface area contributed by atoms with Gasteiger partial charge in [-0.1, -0.05) is 35.3 Å². The lowest BCUT2D eigenvalue weighted by Gasteiger charge is -1.94. The normalized spacial score (nSPS) is 10.6. The van der Waals surface area contributed by atoms with E-state index in [2.05, 4.69) is 4.98 Å². The molecule has 1 aromatic carbocycles. The number of benzene rings is 1. The van der Waals surface area contributed by atoms with Crippen LogP contribution in [0.25, 0.3) is 10.6 Å². The molecule has 1 aromatic heterocycles. The van der Waals surface area contributed by atoms with Crippen molar-refractivity contribution in [1.82, 2.24) is 4.98 Å². The molecule has 5 heteroatoms. The largest absolute Gasteiger partial charge is 0.391 e. The van der Waals surface area contributed by atoms with Crippen molar-refractivity contribution in [2.75, 3.05) is 0 Å². The van der Waals surface area contributed by atoms with Gasteiger partial charge in [0.05, 0.1) is 11.5 Å². The predicted octanol–water partition coefficient (Wildman–Crippen LogP) is 3.61. The molecule has 0 unspecified atom stereocenters. The van der Waals surface area contributed by atoms with E-state index in [9.17, 15) is 0 Å². The van der Waals surface area contributed by atoms with Crippen molar-refractivity contribution in [2.24, 2.45) is 0 Å². The fourth-order valence-corrected chi connectivity index (χ4v) is 2.40. The van der Waals surface area contributed by atoms with Gasteiger partial charge < -0.3 is 5.11 Å². The molecule has 0 aliphatic carbocycles. The number of aromatic nitrogens is 1. The van der Waals surface area contributed by atoms with Gasteiger partial charge in [-0.25, -0.2) is 4.98 Å². The molecule has 78 valence electrons. The van der Waals surface area contributed by atoms with Crippen molar-refractivity contribution in [3.8, 4) is 10.6 Å². The highest BCUT2D eigenvalue weighted by molar-refractivity contribution is 7.15. The van der Waals surface area contributed by atoms with Gasteiger partial charge in [0.25, 0.3) is 0 Å². The third-order valence-corrected chi connectivity index (χ3v) is 3.65. The van der Waals surface area contributed by atoms with Crippen molar-refractivity contribution < 1.29 is 5.11 Å². The maximum absolute atomic E-state index is 8.99. The van der Waals surface area contributed by atoms with Crippen LogP contribution in [0.4, 0.5) is 0 Å². The maximum atomic E-state index is 8.99. The van der Waals surface area contributed by atoms with Crippen LogP contribution < -0.4 is 0 Å². The number of hydrogen-bond donors (Lipinski definition) is 1. The molecule has 0 aliphatic rings. The monoisotopic (exact) mass is 259 g/mol. The minimum atomic E-state index is -0.0793. The van der Waals surface area contributed by atoms with Crippen molar-refractivity contribution >= 4 is 34.5 Å². The Morgan fingerprint density at radius 3 is 2.40 bits per heavy atom. The van der Waals surface area contributed by atoms with Gasteiger partial charge in [-0.05, 0) is 12.1 Å². The van der Waals surface area contributed by atoms with Gasteiger partial charge >= 0.3 is 0 Å². The lowest BCUT2D eigenvalue weighted by molar-refractivity contribution is 0.285. The summed E-state index contributed by atoms with van der Waals surface area (Å²) in [4.78, 5) is 4.84. The summed E-state index contributed by atoms with van der Waals surface area (Å²) in [6.07, 6.45) is 0. The molecule has 0 aliphatic heterocycles. The fourth-order valence-electron chi connectivity index (χ4n) is 1.15. The van der Waals surface area contributed by atoms with Gasteiger partial charge in [0.1, 0.15) is 10.2 Å². The van der Waals surface area contributed by atoms with Crippen molar-refractivity contribution in [1.29, 1.82) is 0 Å². The van der Waals surface area contributed by atoms with E-state index in [4.69, 9.17) is 28.3 Å². The molecule has 0 amide bonds. The summed E-state index contributed by atoms with van der Waals surface area (Å²) in [5, 5.41) is 10.8. The van der Waals surface area contributed by atoms with E-state index < -0.39 is 0 Å². The number of rotatable bonds is 2. The van der Waals surface area contributed by atoms with Gasteiger partial charge in [-0.15, -0.1) is 11.3 Å². The van der Waals surface area contributed by atoms with Crippen molar-refractivity contribution in [3.05, 3.63) is 39.3 Å². The van der Waals surface area contributed by atoms with E-state index in [1.54, 1.807) is 12.1 Å². The molecule has 2 nitrogen and oxygen atoms in total. The first-order chi connectivity index (χ1) is 7.20. The van der Waals surface area contributed by atoms with Gasteiger partial charge in [-0.3, -0.25) is 0 Å². The zero-order valence-corrected chi connectivity index (χ0v) is 9.90. The molecule has 0 fully saturated rings. The molecule has 2 rings (SSSR count). The van der Waals surface area contributed by atoms with Gasteiger partial charge in [0.2, 0.25) is 0 Å². The number of thiazole rings is 1. The molecule has 0 bridgehead atoms. The van der Waals surface area contributed by atoms with E-state index in [-0.39, 0.29) is 6.61 Å². The van der Waals surface area contributed by atoms with Gasteiger partial charge in [0, 0.05) is 10.6 Å². The zero-order chi connectivity index (χ0) is 10.8. The highest BCUT2D eigenvalue weighted by atomic mass is 35.5. The van der Waals surface area contributed by atoms with Crippen LogP contribution in [0.1, 0.15) is 4.88 Å². The molecule has 0 saturated heterocycles. The Morgan fingerprint density at radius 1 is 1.20 bits per heavy atom. The predicted molar refractivity (Wildman–Crippen MR) is 63.5 cm³/mol. The number of aliphatic hydroxyl groups is 1. The number of hydrogen-bond acceptors (Lipinski definition) is 3. The van der Waals surface area contributed by atoms with E-state index in [1.165, 1.54) is 11.3 Å². The van der Waals surface area contributed by atoms with Crippen LogP contribution in [0.3, 0.4) is 0 Å². The van der Waals surface area contributed by atoms with Crippen LogP contribution in [0.5, 0.6) is 0 Å². The van der Waals surface area contributed by atoms with Crippen LogP contribution in [0.15, 0.2) is 24.3 Å². The topological polar surface area (TPSA) is 33.1 Å². The molecule has 1 N–H and O–H groups in total. The van der Waals surface area contributed by atoms with Crippen molar-refractivity contribution in [3.63, 3.8) is 0 Å². The highest BCUT2D eigenvalue weighted by Gasteiger charge is 2.09. The third kappa shape index (κ3) is 2.32. The summed E-state index contributed by atoms with van der Waals surface area (Å²) in [5.41, 5.74) is 0.950. The Hall–Kier alpha value is -0.610. The summed E-state index contributed by atoms with van der Waals surface area (Å²) >= 11 is 13.0. The summed E-state index contributed by atoms with van der Waals surface area (Å²) in [6, 6.07) is 7.34. The smallest absolute Gasteiger partial charge is 0.146 e. The van der Waals surface area contributed by atoms with Crippen LogP contribution in [0.2, 0.25) is 10.2 Å². The second-order valence-corrected chi connectivity index (χ2v) is 4.78. The van der Waals surface area contributed by atoms with Crippen molar-refractivity contribution in [2.45, 2.75) is 6.61 Å². The fraction of sp³-hybridized carbons (Fsp3) is 0.100. The van der Waals surface area contributed by atoms with E-state index in [1.807, 2.05) is 12.1 Å². The highest BCUT2D eigenvalue weighted by Crippen LogP contribution is 2.31.